The van der Waals surface area contributed by atoms with Crippen molar-refractivity contribution in [1.29, 1.82) is 0 Å². The Balaban J connectivity index is 1.62. The molecule has 0 amide bonds. The quantitative estimate of drug-likeness (QED) is 0.775. The molecule has 1 saturated heterocycles. The topological polar surface area (TPSA) is 34.2 Å². The molecule has 1 aliphatic carbocycles. The van der Waals surface area contributed by atoms with E-state index in [4.69, 9.17) is 14.2 Å². The van der Waals surface area contributed by atoms with Crippen LogP contribution in [0.25, 0.3) is 0 Å². The highest BCUT2D eigenvalue weighted by molar-refractivity contribution is 5.55. The number of methoxy groups -OCH3 is 3. The molecule has 0 bridgehead atoms. The predicted molar refractivity (Wildman–Crippen MR) is 104 cm³/mol. The van der Waals surface area contributed by atoms with Crippen LogP contribution in [0.1, 0.15) is 38.2 Å². The molecule has 0 spiro atoms. The first kappa shape index (κ1) is 19.3. The van der Waals surface area contributed by atoms with Crippen LogP contribution >= 0.6 is 0 Å². The lowest BCUT2D eigenvalue weighted by molar-refractivity contribution is 0.0515. The minimum atomic E-state index is 0.683. The highest BCUT2D eigenvalue weighted by Crippen LogP contribution is 2.40. The molecule has 2 atom stereocenters. The van der Waals surface area contributed by atoms with Gasteiger partial charge < -0.3 is 14.2 Å². The van der Waals surface area contributed by atoms with Crippen LogP contribution in [0.4, 0.5) is 0 Å². The number of nitrogens with zero attached hydrogens (tertiary/aromatic N) is 2. The number of hydrogen-bond donors (Lipinski definition) is 0. The molecule has 3 rings (SSSR count). The average Bonchev–Trinajstić information content (AvgIpc) is 2.68. The molecule has 26 heavy (non-hydrogen) atoms. The van der Waals surface area contributed by atoms with Gasteiger partial charge in [0, 0.05) is 44.3 Å². The lowest BCUT2D eigenvalue weighted by Gasteiger charge is -2.43. The molecular formula is C21H34N2O3. The summed E-state index contributed by atoms with van der Waals surface area (Å²) >= 11 is 0. The number of ether oxygens (including phenoxy) is 3. The molecule has 1 aliphatic heterocycles. The smallest absolute Gasteiger partial charge is 0.203 e. The van der Waals surface area contributed by atoms with Crippen molar-refractivity contribution in [3.8, 4) is 17.2 Å². The summed E-state index contributed by atoms with van der Waals surface area (Å²) in [4.78, 5) is 5.25. The summed E-state index contributed by atoms with van der Waals surface area (Å²) in [5.74, 6) is 3.03. The molecule has 0 aromatic heterocycles. The fraction of sp³-hybridized carbons (Fsp3) is 0.714. The Bertz CT molecular complexity index is 585. The number of hydrogen-bond acceptors (Lipinski definition) is 5. The highest BCUT2D eigenvalue weighted by Gasteiger charge is 2.30. The molecule has 1 aromatic rings. The summed E-state index contributed by atoms with van der Waals surface area (Å²) < 4.78 is 16.5. The molecule has 0 radical (unpaired) electrons. The summed E-state index contributed by atoms with van der Waals surface area (Å²) in [6.45, 7) is 7.89. The second-order valence-electron chi connectivity index (χ2n) is 7.63. The Morgan fingerprint density at radius 3 is 2.19 bits per heavy atom. The van der Waals surface area contributed by atoms with Gasteiger partial charge in [-0.25, -0.2) is 0 Å². The molecule has 5 heteroatoms. The molecule has 0 N–H and O–H groups in total. The Hall–Kier alpha value is -1.46. The fourth-order valence-corrected chi connectivity index (χ4v) is 4.62. The third kappa shape index (κ3) is 4.09. The van der Waals surface area contributed by atoms with Gasteiger partial charge in [0.25, 0.3) is 0 Å². The van der Waals surface area contributed by atoms with E-state index in [0.717, 1.165) is 42.9 Å². The van der Waals surface area contributed by atoms with Crippen LogP contribution in [-0.4, -0.2) is 63.4 Å². The van der Waals surface area contributed by atoms with E-state index in [-0.39, 0.29) is 0 Å². The SMILES string of the molecule is COc1ccc(CN2CCN([C@@H]3CCCC[C@@H]3C)CC2)c(OC)c1OC. The van der Waals surface area contributed by atoms with Gasteiger partial charge in [-0.05, 0) is 24.8 Å². The lowest BCUT2D eigenvalue weighted by atomic mass is 9.84. The molecule has 1 saturated carbocycles. The number of rotatable bonds is 6. The second kappa shape index (κ2) is 8.96. The normalized spacial score (nSPS) is 25.1. The van der Waals surface area contributed by atoms with Gasteiger partial charge >= 0.3 is 0 Å². The van der Waals surface area contributed by atoms with Crippen molar-refractivity contribution < 1.29 is 14.2 Å². The monoisotopic (exact) mass is 362 g/mol. The minimum absolute atomic E-state index is 0.683. The van der Waals surface area contributed by atoms with E-state index in [2.05, 4.69) is 22.8 Å². The van der Waals surface area contributed by atoms with Crippen molar-refractivity contribution in [3.63, 3.8) is 0 Å². The van der Waals surface area contributed by atoms with E-state index in [9.17, 15) is 0 Å². The van der Waals surface area contributed by atoms with Crippen molar-refractivity contribution in [1.82, 2.24) is 9.80 Å². The molecule has 2 aliphatic rings. The summed E-state index contributed by atoms with van der Waals surface area (Å²) in [5, 5.41) is 0. The maximum absolute atomic E-state index is 5.64. The van der Waals surface area contributed by atoms with Crippen molar-refractivity contribution in [2.75, 3.05) is 47.5 Å². The van der Waals surface area contributed by atoms with E-state index < -0.39 is 0 Å². The lowest BCUT2D eigenvalue weighted by Crippen LogP contribution is -2.52. The number of piperazine rings is 1. The van der Waals surface area contributed by atoms with Gasteiger partial charge in [-0.1, -0.05) is 25.8 Å². The van der Waals surface area contributed by atoms with Crippen molar-refractivity contribution in [3.05, 3.63) is 17.7 Å². The summed E-state index contributed by atoms with van der Waals surface area (Å²) in [5.41, 5.74) is 1.16. The summed E-state index contributed by atoms with van der Waals surface area (Å²) in [7, 11) is 5.01. The van der Waals surface area contributed by atoms with Gasteiger partial charge in [-0.15, -0.1) is 0 Å². The molecule has 0 unspecified atom stereocenters. The largest absolute Gasteiger partial charge is 0.493 e. The van der Waals surface area contributed by atoms with Crippen LogP contribution in [0, 0.1) is 5.92 Å². The first-order chi connectivity index (χ1) is 12.7. The van der Waals surface area contributed by atoms with Crippen molar-refractivity contribution >= 4 is 0 Å². The van der Waals surface area contributed by atoms with Crippen molar-refractivity contribution in [2.45, 2.75) is 45.2 Å². The minimum Gasteiger partial charge on any atom is -0.493 e. The third-order valence-corrected chi connectivity index (χ3v) is 6.12. The number of benzene rings is 1. The van der Waals surface area contributed by atoms with Crippen LogP contribution in [0.2, 0.25) is 0 Å². The first-order valence-electron chi connectivity index (χ1n) is 9.92. The molecule has 146 valence electrons. The summed E-state index contributed by atoms with van der Waals surface area (Å²) in [6.07, 6.45) is 5.59. The first-order valence-corrected chi connectivity index (χ1v) is 9.92. The van der Waals surface area contributed by atoms with Gasteiger partial charge in [-0.3, -0.25) is 9.80 Å². The Kier molecular flexibility index (Phi) is 6.65. The fourth-order valence-electron chi connectivity index (χ4n) is 4.62. The standard InChI is InChI=1S/C21H34N2O3/c1-16-7-5-6-8-18(16)23-13-11-22(12-14-23)15-17-9-10-19(24-2)21(26-4)20(17)25-3/h9-10,16,18H,5-8,11-15H2,1-4H3/t16-,18+/m0/s1. The van der Waals surface area contributed by atoms with Crippen LogP contribution in [0.3, 0.4) is 0 Å². The van der Waals surface area contributed by atoms with Crippen molar-refractivity contribution in [2.24, 2.45) is 5.92 Å². The molecule has 1 aromatic carbocycles. The van der Waals surface area contributed by atoms with E-state index in [1.165, 1.54) is 38.8 Å². The molecule has 1 heterocycles. The molecule has 2 fully saturated rings. The van der Waals surface area contributed by atoms with Crippen LogP contribution < -0.4 is 14.2 Å². The summed E-state index contributed by atoms with van der Waals surface area (Å²) in [6, 6.07) is 4.85. The average molecular weight is 363 g/mol. The highest BCUT2D eigenvalue weighted by atomic mass is 16.5. The Morgan fingerprint density at radius 2 is 1.58 bits per heavy atom. The van der Waals surface area contributed by atoms with Crippen LogP contribution in [0.5, 0.6) is 17.2 Å². The van der Waals surface area contributed by atoms with E-state index >= 15 is 0 Å². The van der Waals surface area contributed by atoms with Gasteiger partial charge in [0.05, 0.1) is 21.3 Å². The van der Waals surface area contributed by atoms with Crippen LogP contribution in [0.15, 0.2) is 12.1 Å². The maximum atomic E-state index is 5.64. The van der Waals surface area contributed by atoms with E-state index in [1.54, 1.807) is 21.3 Å². The maximum Gasteiger partial charge on any atom is 0.203 e. The zero-order valence-electron chi connectivity index (χ0n) is 16.8. The van der Waals surface area contributed by atoms with Gasteiger partial charge in [-0.2, -0.15) is 0 Å². The Morgan fingerprint density at radius 1 is 0.885 bits per heavy atom. The third-order valence-electron chi connectivity index (χ3n) is 6.12. The van der Waals surface area contributed by atoms with Gasteiger partial charge in [0.2, 0.25) is 5.75 Å². The second-order valence-corrected chi connectivity index (χ2v) is 7.63. The van der Waals surface area contributed by atoms with Crippen LogP contribution in [-0.2, 0) is 6.54 Å². The van der Waals surface area contributed by atoms with Gasteiger partial charge in [0.15, 0.2) is 11.5 Å². The predicted octanol–water partition coefficient (Wildman–Crippen LogP) is 3.41. The Labute approximate surface area is 158 Å². The molecular weight excluding hydrogens is 328 g/mol. The van der Waals surface area contributed by atoms with E-state index in [1.807, 2.05) is 6.07 Å². The zero-order chi connectivity index (χ0) is 18.5. The molecule has 5 nitrogen and oxygen atoms in total. The van der Waals surface area contributed by atoms with E-state index in [0.29, 0.717) is 11.5 Å². The van der Waals surface area contributed by atoms with Gasteiger partial charge in [0.1, 0.15) is 0 Å². The zero-order valence-corrected chi connectivity index (χ0v) is 16.8.